The molecule has 0 spiro atoms. The highest BCUT2D eigenvalue weighted by Crippen LogP contribution is 2.11. The minimum absolute atomic E-state index is 0.562. The van der Waals surface area contributed by atoms with Crippen molar-refractivity contribution in [3.05, 3.63) is 47.0 Å². The van der Waals surface area contributed by atoms with Gasteiger partial charge < -0.3 is 5.73 Å². The van der Waals surface area contributed by atoms with Crippen LogP contribution < -0.4 is 5.73 Å². The molecule has 0 amide bonds. The zero-order valence-electron chi connectivity index (χ0n) is 11.1. The number of rotatable bonds is 5. The van der Waals surface area contributed by atoms with Crippen LogP contribution in [0.25, 0.3) is 0 Å². The van der Waals surface area contributed by atoms with E-state index in [9.17, 15) is 0 Å². The van der Waals surface area contributed by atoms with Crippen LogP contribution in [0.3, 0.4) is 0 Å². The van der Waals surface area contributed by atoms with Crippen LogP contribution in [0.2, 0.25) is 0 Å². The fourth-order valence-corrected chi connectivity index (χ4v) is 2.04. The SMILES string of the molecule is CCc1nc(CC)n(Cc2ccccc2CN)n1. The van der Waals surface area contributed by atoms with Crippen molar-refractivity contribution in [2.24, 2.45) is 5.73 Å². The van der Waals surface area contributed by atoms with E-state index < -0.39 is 0 Å². The van der Waals surface area contributed by atoms with Crippen molar-refractivity contribution in [2.75, 3.05) is 0 Å². The summed E-state index contributed by atoms with van der Waals surface area (Å²) in [6, 6.07) is 8.23. The van der Waals surface area contributed by atoms with E-state index in [0.29, 0.717) is 6.54 Å². The average molecular weight is 244 g/mol. The van der Waals surface area contributed by atoms with Crippen LogP contribution in [0.15, 0.2) is 24.3 Å². The van der Waals surface area contributed by atoms with Gasteiger partial charge in [-0.15, -0.1) is 0 Å². The van der Waals surface area contributed by atoms with Crippen molar-refractivity contribution in [3.63, 3.8) is 0 Å². The van der Waals surface area contributed by atoms with Gasteiger partial charge in [0.2, 0.25) is 0 Å². The van der Waals surface area contributed by atoms with Gasteiger partial charge >= 0.3 is 0 Å². The largest absolute Gasteiger partial charge is 0.326 e. The zero-order valence-corrected chi connectivity index (χ0v) is 11.1. The summed E-state index contributed by atoms with van der Waals surface area (Å²) in [5.74, 6) is 1.95. The van der Waals surface area contributed by atoms with Gasteiger partial charge in [0.15, 0.2) is 5.82 Å². The molecule has 1 heterocycles. The Bertz CT molecular complexity index is 516. The van der Waals surface area contributed by atoms with Crippen LogP contribution in [0.4, 0.5) is 0 Å². The molecule has 1 aromatic carbocycles. The Morgan fingerprint density at radius 1 is 1.11 bits per heavy atom. The molecule has 0 radical (unpaired) electrons. The van der Waals surface area contributed by atoms with Crippen LogP contribution in [-0.4, -0.2) is 14.8 Å². The van der Waals surface area contributed by atoms with Gasteiger partial charge in [-0.1, -0.05) is 38.1 Å². The highest BCUT2D eigenvalue weighted by Gasteiger charge is 2.09. The van der Waals surface area contributed by atoms with Crippen LogP contribution >= 0.6 is 0 Å². The molecule has 2 N–H and O–H groups in total. The molecule has 0 aliphatic heterocycles. The Kier molecular flexibility index (Phi) is 4.10. The van der Waals surface area contributed by atoms with E-state index in [1.807, 2.05) is 16.8 Å². The number of nitrogens with zero attached hydrogens (tertiary/aromatic N) is 3. The van der Waals surface area contributed by atoms with Crippen LogP contribution in [0.5, 0.6) is 0 Å². The smallest absolute Gasteiger partial charge is 0.150 e. The molecule has 96 valence electrons. The van der Waals surface area contributed by atoms with Gasteiger partial charge in [-0.2, -0.15) is 5.10 Å². The van der Waals surface area contributed by atoms with Crippen molar-refractivity contribution in [1.29, 1.82) is 0 Å². The third kappa shape index (κ3) is 2.59. The lowest BCUT2D eigenvalue weighted by Crippen LogP contribution is -2.10. The predicted molar refractivity (Wildman–Crippen MR) is 72.2 cm³/mol. The molecule has 18 heavy (non-hydrogen) atoms. The predicted octanol–water partition coefficient (Wildman–Crippen LogP) is 1.91. The van der Waals surface area contributed by atoms with E-state index in [2.05, 4.69) is 36.1 Å². The third-order valence-electron chi connectivity index (χ3n) is 3.08. The molecule has 2 rings (SSSR count). The van der Waals surface area contributed by atoms with E-state index in [-0.39, 0.29) is 0 Å². The summed E-state index contributed by atoms with van der Waals surface area (Å²) in [7, 11) is 0. The first-order chi connectivity index (χ1) is 8.78. The second kappa shape index (κ2) is 5.78. The summed E-state index contributed by atoms with van der Waals surface area (Å²) in [5.41, 5.74) is 8.16. The van der Waals surface area contributed by atoms with Gasteiger partial charge in [0.05, 0.1) is 6.54 Å². The van der Waals surface area contributed by atoms with E-state index >= 15 is 0 Å². The highest BCUT2D eigenvalue weighted by atomic mass is 15.3. The summed E-state index contributed by atoms with van der Waals surface area (Å²) in [6.45, 7) is 5.50. The fraction of sp³-hybridized carbons (Fsp3) is 0.429. The first-order valence-corrected chi connectivity index (χ1v) is 6.47. The normalized spacial score (nSPS) is 10.8. The minimum Gasteiger partial charge on any atom is -0.326 e. The van der Waals surface area contributed by atoms with Gasteiger partial charge in [-0.25, -0.2) is 9.67 Å². The fourth-order valence-electron chi connectivity index (χ4n) is 2.04. The van der Waals surface area contributed by atoms with Crippen LogP contribution in [-0.2, 0) is 25.9 Å². The molecule has 4 heteroatoms. The Morgan fingerprint density at radius 2 is 1.83 bits per heavy atom. The van der Waals surface area contributed by atoms with E-state index in [1.54, 1.807) is 0 Å². The van der Waals surface area contributed by atoms with Gasteiger partial charge in [-0.05, 0) is 11.1 Å². The molecular weight excluding hydrogens is 224 g/mol. The average Bonchev–Trinajstić information content (AvgIpc) is 2.81. The molecule has 0 fully saturated rings. The molecule has 0 atom stereocenters. The second-order valence-corrected chi connectivity index (χ2v) is 4.28. The van der Waals surface area contributed by atoms with Crippen molar-refractivity contribution in [3.8, 4) is 0 Å². The van der Waals surface area contributed by atoms with Crippen molar-refractivity contribution in [2.45, 2.75) is 39.8 Å². The molecule has 0 bridgehead atoms. The van der Waals surface area contributed by atoms with Gasteiger partial charge in [0.25, 0.3) is 0 Å². The standard InChI is InChI=1S/C14H20N4/c1-3-13-16-14(4-2)18(17-13)10-12-8-6-5-7-11(12)9-15/h5-8H,3-4,9-10,15H2,1-2H3. The topological polar surface area (TPSA) is 56.7 Å². The Labute approximate surface area is 108 Å². The van der Waals surface area contributed by atoms with Gasteiger partial charge in [0, 0.05) is 19.4 Å². The summed E-state index contributed by atoms with van der Waals surface area (Å²) in [6.07, 6.45) is 1.77. The van der Waals surface area contributed by atoms with Crippen LogP contribution in [0.1, 0.15) is 36.6 Å². The lowest BCUT2D eigenvalue weighted by molar-refractivity contribution is 0.633. The molecule has 0 saturated heterocycles. The molecule has 0 saturated carbocycles. The van der Waals surface area contributed by atoms with Gasteiger partial charge in [0.1, 0.15) is 5.82 Å². The summed E-state index contributed by atoms with van der Waals surface area (Å²) in [4.78, 5) is 4.52. The maximum atomic E-state index is 5.76. The number of hydrogen-bond donors (Lipinski definition) is 1. The lowest BCUT2D eigenvalue weighted by Gasteiger charge is -2.09. The number of hydrogen-bond acceptors (Lipinski definition) is 3. The first-order valence-electron chi connectivity index (χ1n) is 6.47. The van der Waals surface area contributed by atoms with Crippen LogP contribution in [0, 0.1) is 0 Å². The Balaban J connectivity index is 2.30. The molecule has 0 aliphatic carbocycles. The van der Waals surface area contributed by atoms with Crippen molar-refractivity contribution in [1.82, 2.24) is 14.8 Å². The Morgan fingerprint density at radius 3 is 2.44 bits per heavy atom. The zero-order chi connectivity index (χ0) is 13.0. The third-order valence-corrected chi connectivity index (χ3v) is 3.08. The number of aryl methyl sites for hydroxylation is 2. The maximum Gasteiger partial charge on any atom is 0.150 e. The van der Waals surface area contributed by atoms with E-state index in [4.69, 9.17) is 5.73 Å². The Hall–Kier alpha value is -1.68. The van der Waals surface area contributed by atoms with Gasteiger partial charge in [-0.3, -0.25) is 0 Å². The molecule has 4 nitrogen and oxygen atoms in total. The van der Waals surface area contributed by atoms with E-state index in [1.165, 1.54) is 11.1 Å². The second-order valence-electron chi connectivity index (χ2n) is 4.28. The number of nitrogens with two attached hydrogens (primary N) is 1. The molecule has 0 unspecified atom stereocenters. The molecule has 2 aromatic rings. The quantitative estimate of drug-likeness (QED) is 0.874. The highest BCUT2D eigenvalue weighted by molar-refractivity contribution is 5.27. The van der Waals surface area contributed by atoms with Crippen molar-refractivity contribution < 1.29 is 0 Å². The first kappa shape index (κ1) is 12.8. The number of benzene rings is 1. The van der Waals surface area contributed by atoms with E-state index in [0.717, 1.165) is 31.0 Å². The molecule has 0 aliphatic rings. The van der Waals surface area contributed by atoms with Crippen molar-refractivity contribution >= 4 is 0 Å². The number of aromatic nitrogens is 3. The summed E-state index contributed by atoms with van der Waals surface area (Å²) in [5, 5.41) is 4.53. The summed E-state index contributed by atoms with van der Waals surface area (Å²) >= 11 is 0. The summed E-state index contributed by atoms with van der Waals surface area (Å²) < 4.78 is 1.99. The lowest BCUT2D eigenvalue weighted by atomic mass is 10.1. The molecule has 1 aromatic heterocycles. The minimum atomic E-state index is 0.562. The maximum absolute atomic E-state index is 5.76. The molecular formula is C14H20N4. The monoisotopic (exact) mass is 244 g/mol.